The van der Waals surface area contributed by atoms with Crippen molar-refractivity contribution in [3.8, 4) is 0 Å². The van der Waals surface area contributed by atoms with Crippen LogP contribution in [0.3, 0.4) is 0 Å². The number of aryl methyl sites for hydroxylation is 2. The van der Waals surface area contributed by atoms with Gasteiger partial charge in [-0.25, -0.2) is 4.79 Å². The van der Waals surface area contributed by atoms with Crippen molar-refractivity contribution >= 4 is 39.3 Å². The highest BCUT2D eigenvalue weighted by Gasteiger charge is 2.48. The first-order valence-electron chi connectivity index (χ1n) is 16.5. The van der Waals surface area contributed by atoms with Crippen molar-refractivity contribution in [3.63, 3.8) is 0 Å². The fraction of sp³-hybridized carbons (Fsp3) is 0.447. The summed E-state index contributed by atoms with van der Waals surface area (Å²) in [7, 11) is 0. The van der Waals surface area contributed by atoms with E-state index in [9.17, 15) is 9.59 Å². The van der Waals surface area contributed by atoms with E-state index in [-0.39, 0.29) is 11.8 Å². The SMILES string of the molecule is CCn1c2ccc(C(=O)c3ccccc3C)cc2c2cc(/C(C)=N/OC(=O)C(C)(C3CCCCC3)N3CCCCC3)ccc21. The minimum absolute atomic E-state index is 0.0259. The minimum Gasteiger partial charge on any atom is -0.341 e. The van der Waals surface area contributed by atoms with E-state index in [2.05, 4.69) is 46.7 Å². The third kappa shape index (κ3) is 5.49. The van der Waals surface area contributed by atoms with Crippen molar-refractivity contribution in [1.29, 1.82) is 0 Å². The number of aromatic nitrogens is 1. The van der Waals surface area contributed by atoms with Gasteiger partial charge in [-0.15, -0.1) is 0 Å². The zero-order chi connectivity index (χ0) is 30.8. The Bertz CT molecular complexity index is 1700. The first kappa shape index (κ1) is 30.3. The molecule has 0 N–H and O–H groups in total. The topological polar surface area (TPSA) is 63.9 Å². The van der Waals surface area contributed by atoms with E-state index in [1.807, 2.05) is 56.3 Å². The molecule has 0 spiro atoms. The van der Waals surface area contributed by atoms with Gasteiger partial charge in [-0.05, 0) is 114 Å². The predicted octanol–water partition coefficient (Wildman–Crippen LogP) is 8.45. The quantitative estimate of drug-likeness (QED) is 0.0893. The Morgan fingerprint density at radius 1 is 0.864 bits per heavy atom. The first-order chi connectivity index (χ1) is 21.3. The highest BCUT2D eigenvalue weighted by atomic mass is 16.7. The van der Waals surface area contributed by atoms with Crippen molar-refractivity contribution in [3.05, 3.63) is 82.9 Å². The summed E-state index contributed by atoms with van der Waals surface area (Å²) in [5.74, 6) is 0.0945. The number of piperidine rings is 1. The number of hydrogen-bond acceptors (Lipinski definition) is 5. The van der Waals surface area contributed by atoms with Crippen LogP contribution in [0.25, 0.3) is 21.8 Å². The molecule has 0 bridgehead atoms. The molecular weight excluding hydrogens is 546 g/mol. The highest BCUT2D eigenvalue weighted by Crippen LogP contribution is 2.39. The maximum absolute atomic E-state index is 13.9. The molecule has 0 radical (unpaired) electrons. The average molecular weight is 592 g/mol. The molecule has 1 saturated heterocycles. The molecule has 2 heterocycles. The molecule has 2 aliphatic rings. The summed E-state index contributed by atoms with van der Waals surface area (Å²) in [6.45, 7) is 10.8. The van der Waals surface area contributed by atoms with Gasteiger partial charge in [0, 0.05) is 39.5 Å². The lowest BCUT2D eigenvalue weighted by molar-refractivity contribution is -0.164. The summed E-state index contributed by atoms with van der Waals surface area (Å²) in [5, 5.41) is 6.52. The van der Waals surface area contributed by atoms with Crippen molar-refractivity contribution < 1.29 is 14.4 Å². The maximum Gasteiger partial charge on any atom is 0.355 e. The van der Waals surface area contributed by atoms with E-state index >= 15 is 0 Å². The molecule has 1 saturated carbocycles. The molecule has 0 amide bonds. The average Bonchev–Trinajstić information content (AvgIpc) is 3.39. The van der Waals surface area contributed by atoms with Gasteiger partial charge in [0.1, 0.15) is 5.54 Å². The number of oxime groups is 1. The second-order valence-electron chi connectivity index (χ2n) is 12.9. The molecular formula is C38H45N3O3. The lowest BCUT2D eigenvalue weighted by Gasteiger charge is -2.46. The Labute approximate surface area is 261 Å². The van der Waals surface area contributed by atoms with E-state index in [1.54, 1.807) is 0 Å². The lowest BCUT2D eigenvalue weighted by atomic mass is 9.74. The zero-order valence-electron chi connectivity index (χ0n) is 26.7. The van der Waals surface area contributed by atoms with Crippen LogP contribution < -0.4 is 0 Å². The maximum atomic E-state index is 13.9. The predicted molar refractivity (Wildman–Crippen MR) is 178 cm³/mol. The lowest BCUT2D eigenvalue weighted by Crippen LogP contribution is -2.59. The van der Waals surface area contributed by atoms with Crippen LogP contribution in [-0.2, 0) is 16.2 Å². The summed E-state index contributed by atoms with van der Waals surface area (Å²) < 4.78 is 2.28. The Kier molecular flexibility index (Phi) is 8.73. The summed E-state index contributed by atoms with van der Waals surface area (Å²) >= 11 is 0. The van der Waals surface area contributed by atoms with Gasteiger partial charge in [-0.3, -0.25) is 9.69 Å². The van der Waals surface area contributed by atoms with E-state index in [4.69, 9.17) is 4.84 Å². The van der Waals surface area contributed by atoms with Crippen molar-refractivity contribution in [2.45, 2.75) is 91.1 Å². The van der Waals surface area contributed by atoms with Gasteiger partial charge in [-0.2, -0.15) is 0 Å². The van der Waals surface area contributed by atoms with Crippen molar-refractivity contribution in [1.82, 2.24) is 9.47 Å². The van der Waals surface area contributed by atoms with Crippen LogP contribution >= 0.6 is 0 Å². The molecule has 44 heavy (non-hydrogen) atoms. The molecule has 6 rings (SSSR count). The van der Waals surface area contributed by atoms with Gasteiger partial charge in [0.25, 0.3) is 0 Å². The smallest absolute Gasteiger partial charge is 0.341 e. The third-order valence-corrected chi connectivity index (χ3v) is 10.3. The Hall–Kier alpha value is -3.77. The van der Waals surface area contributed by atoms with E-state index in [0.717, 1.165) is 83.8 Å². The molecule has 230 valence electrons. The number of carbonyl (C=O) groups excluding carboxylic acids is 2. The van der Waals surface area contributed by atoms with Crippen LogP contribution in [-0.4, -0.2) is 45.6 Å². The molecule has 1 aromatic heterocycles. The molecule has 1 unspecified atom stereocenters. The van der Waals surface area contributed by atoms with Gasteiger partial charge in [0.05, 0.1) is 5.71 Å². The fourth-order valence-corrected chi connectivity index (χ4v) is 7.63. The van der Waals surface area contributed by atoms with E-state index in [0.29, 0.717) is 17.2 Å². The summed E-state index contributed by atoms with van der Waals surface area (Å²) in [4.78, 5) is 35.5. The van der Waals surface area contributed by atoms with Gasteiger partial charge in [0.2, 0.25) is 0 Å². The number of hydrogen-bond donors (Lipinski definition) is 0. The highest BCUT2D eigenvalue weighted by molar-refractivity contribution is 6.16. The number of nitrogens with zero attached hydrogens (tertiary/aromatic N) is 3. The molecule has 1 atom stereocenters. The summed E-state index contributed by atoms with van der Waals surface area (Å²) in [6.07, 6.45) is 9.21. The minimum atomic E-state index is -0.650. The second-order valence-corrected chi connectivity index (χ2v) is 12.9. The fourth-order valence-electron chi connectivity index (χ4n) is 7.63. The van der Waals surface area contributed by atoms with E-state index < -0.39 is 5.54 Å². The Morgan fingerprint density at radius 3 is 2.14 bits per heavy atom. The van der Waals surface area contributed by atoms with Crippen molar-refractivity contribution in [2.75, 3.05) is 13.1 Å². The van der Waals surface area contributed by atoms with Gasteiger partial charge < -0.3 is 9.40 Å². The van der Waals surface area contributed by atoms with Crippen molar-refractivity contribution in [2.24, 2.45) is 11.1 Å². The van der Waals surface area contributed by atoms with Gasteiger partial charge >= 0.3 is 5.97 Å². The van der Waals surface area contributed by atoms with Crippen LogP contribution in [0.2, 0.25) is 0 Å². The number of ketones is 1. The second kappa shape index (κ2) is 12.7. The van der Waals surface area contributed by atoms with Crippen LogP contribution in [0.15, 0.2) is 65.8 Å². The van der Waals surface area contributed by atoms with Gasteiger partial charge in [-0.1, -0.05) is 61.2 Å². The first-order valence-corrected chi connectivity index (χ1v) is 16.5. The summed E-state index contributed by atoms with van der Waals surface area (Å²) in [5.41, 5.74) is 5.47. The largest absolute Gasteiger partial charge is 0.355 e. The molecule has 6 heteroatoms. The number of benzene rings is 3. The standard InChI is InChI=1S/C38H45N3O3/c1-5-41-34-20-18-28(24-32(34)33-25-29(19-21-35(33)41)36(42)31-17-11-10-14-26(31)2)27(3)39-44-37(43)38(4,30-15-8-6-9-16-30)40-22-12-7-13-23-40/h10-11,14,17-21,24-25,30H,5-9,12-13,15-16,22-23H2,1-4H3/b39-27+. The zero-order valence-corrected chi connectivity index (χ0v) is 26.7. The van der Waals surface area contributed by atoms with Crippen LogP contribution in [0.1, 0.15) is 99.2 Å². The number of rotatable bonds is 8. The van der Waals surface area contributed by atoms with Gasteiger partial charge in [0.15, 0.2) is 5.78 Å². The van der Waals surface area contributed by atoms with E-state index in [1.165, 1.54) is 25.7 Å². The number of likely N-dealkylation sites (tertiary alicyclic amines) is 1. The summed E-state index contributed by atoms with van der Waals surface area (Å²) in [6, 6.07) is 20.0. The number of fused-ring (bicyclic) bond motifs is 3. The van der Waals surface area contributed by atoms with Crippen LogP contribution in [0.4, 0.5) is 0 Å². The Morgan fingerprint density at radius 2 is 1.48 bits per heavy atom. The Balaban J connectivity index is 1.32. The normalized spacial score (nSPS) is 18.4. The number of carbonyl (C=O) groups is 2. The third-order valence-electron chi connectivity index (χ3n) is 10.3. The molecule has 6 nitrogen and oxygen atoms in total. The monoisotopic (exact) mass is 591 g/mol. The van der Waals surface area contributed by atoms with Crippen LogP contribution in [0.5, 0.6) is 0 Å². The molecule has 1 aliphatic heterocycles. The molecule has 4 aromatic rings. The molecule has 3 aromatic carbocycles. The molecule has 1 aliphatic carbocycles. The molecule has 2 fully saturated rings. The van der Waals surface area contributed by atoms with Crippen LogP contribution in [0, 0.1) is 12.8 Å².